The number of esters is 1. The van der Waals surface area contributed by atoms with Crippen molar-refractivity contribution in [3.8, 4) is 11.3 Å². The standard InChI is InChI=1S/C14H21N5O2/c1-7-8(2)19-13(12(15-17-19)14(20)21-6)11-9(3)16-18(5)10(11)4/h8H,7H2,1-6H3. The van der Waals surface area contributed by atoms with E-state index in [1.165, 1.54) is 7.11 Å². The van der Waals surface area contributed by atoms with Gasteiger partial charge in [-0.25, -0.2) is 9.48 Å². The van der Waals surface area contributed by atoms with Crippen molar-refractivity contribution in [1.82, 2.24) is 24.8 Å². The molecule has 0 bridgehead atoms. The van der Waals surface area contributed by atoms with Gasteiger partial charge in [0.2, 0.25) is 0 Å². The van der Waals surface area contributed by atoms with Gasteiger partial charge in [-0.1, -0.05) is 12.1 Å². The first-order valence-electron chi connectivity index (χ1n) is 6.96. The number of carbonyl (C=O) groups excluding carboxylic acids is 1. The molecule has 21 heavy (non-hydrogen) atoms. The van der Waals surface area contributed by atoms with Crippen molar-refractivity contribution in [2.24, 2.45) is 7.05 Å². The first-order valence-corrected chi connectivity index (χ1v) is 6.96. The highest BCUT2D eigenvalue weighted by Gasteiger charge is 2.27. The maximum Gasteiger partial charge on any atom is 0.360 e. The third-order valence-corrected chi connectivity index (χ3v) is 3.83. The van der Waals surface area contributed by atoms with Crippen molar-refractivity contribution >= 4 is 5.97 Å². The number of hydrogen-bond donors (Lipinski definition) is 0. The molecular formula is C14H21N5O2. The molecule has 2 aromatic heterocycles. The average Bonchev–Trinajstić information content (AvgIpc) is 2.99. The summed E-state index contributed by atoms with van der Waals surface area (Å²) in [7, 11) is 3.22. The highest BCUT2D eigenvalue weighted by molar-refractivity contribution is 5.94. The molecular weight excluding hydrogens is 270 g/mol. The summed E-state index contributed by atoms with van der Waals surface area (Å²) in [6.07, 6.45) is 0.884. The molecule has 2 rings (SSSR count). The molecule has 0 fully saturated rings. The van der Waals surface area contributed by atoms with Crippen LogP contribution in [0.3, 0.4) is 0 Å². The summed E-state index contributed by atoms with van der Waals surface area (Å²) in [5.74, 6) is -0.484. The van der Waals surface area contributed by atoms with E-state index in [4.69, 9.17) is 4.74 Å². The normalized spacial score (nSPS) is 12.5. The molecule has 0 aliphatic carbocycles. The van der Waals surface area contributed by atoms with Gasteiger partial charge in [0.05, 0.1) is 18.8 Å². The predicted molar refractivity (Wildman–Crippen MR) is 78.0 cm³/mol. The van der Waals surface area contributed by atoms with Gasteiger partial charge in [0.15, 0.2) is 5.69 Å². The Morgan fingerprint density at radius 3 is 2.52 bits per heavy atom. The predicted octanol–water partition coefficient (Wildman–Crippen LogP) is 2.05. The Morgan fingerprint density at radius 1 is 1.38 bits per heavy atom. The van der Waals surface area contributed by atoms with Crippen LogP contribution in [0.1, 0.15) is 48.2 Å². The number of aryl methyl sites for hydroxylation is 2. The maximum atomic E-state index is 12.0. The molecule has 2 aromatic rings. The number of nitrogens with zero attached hydrogens (tertiary/aromatic N) is 5. The second kappa shape index (κ2) is 5.67. The fraction of sp³-hybridized carbons (Fsp3) is 0.571. The van der Waals surface area contributed by atoms with E-state index in [1.807, 2.05) is 27.8 Å². The monoisotopic (exact) mass is 291 g/mol. The van der Waals surface area contributed by atoms with Crippen molar-refractivity contribution in [2.45, 2.75) is 40.2 Å². The molecule has 7 nitrogen and oxygen atoms in total. The van der Waals surface area contributed by atoms with Gasteiger partial charge < -0.3 is 4.74 Å². The Balaban J connectivity index is 2.75. The Bertz CT molecular complexity index is 671. The van der Waals surface area contributed by atoms with E-state index in [1.54, 1.807) is 9.36 Å². The third-order valence-electron chi connectivity index (χ3n) is 3.83. The minimum atomic E-state index is -0.484. The van der Waals surface area contributed by atoms with Crippen molar-refractivity contribution in [1.29, 1.82) is 0 Å². The van der Waals surface area contributed by atoms with Crippen LogP contribution in [0.5, 0.6) is 0 Å². The lowest BCUT2D eigenvalue weighted by molar-refractivity contribution is 0.0595. The van der Waals surface area contributed by atoms with Crippen LogP contribution in [0.15, 0.2) is 0 Å². The van der Waals surface area contributed by atoms with Crippen molar-refractivity contribution in [3.63, 3.8) is 0 Å². The molecule has 0 saturated heterocycles. The molecule has 0 saturated carbocycles. The Labute approximate surface area is 123 Å². The molecule has 2 heterocycles. The van der Waals surface area contributed by atoms with Crippen LogP contribution >= 0.6 is 0 Å². The molecule has 0 aromatic carbocycles. The topological polar surface area (TPSA) is 74.8 Å². The lowest BCUT2D eigenvalue weighted by Crippen LogP contribution is -2.10. The number of methoxy groups -OCH3 is 1. The second-order valence-corrected chi connectivity index (χ2v) is 5.15. The van der Waals surface area contributed by atoms with Crippen LogP contribution in [0.4, 0.5) is 0 Å². The smallest absolute Gasteiger partial charge is 0.360 e. The Hall–Kier alpha value is -2.18. The summed E-state index contributed by atoms with van der Waals surface area (Å²) in [5.41, 5.74) is 3.61. The minimum absolute atomic E-state index is 0.130. The summed E-state index contributed by atoms with van der Waals surface area (Å²) < 4.78 is 8.40. The van der Waals surface area contributed by atoms with Gasteiger partial charge in [0.25, 0.3) is 0 Å². The fourth-order valence-corrected chi connectivity index (χ4v) is 2.36. The van der Waals surface area contributed by atoms with Gasteiger partial charge in [-0.15, -0.1) is 5.10 Å². The highest BCUT2D eigenvalue weighted by Crippen LogP contribution is 2.31. The number of hydrogen-bond acceptors (Lipinski definition) is 5. The number of ether oxygens (including phenoxy) is 1. The number of carbonyl (C=O) groups is 1. The van der Waals surface area contributed by atoms with Gasteiger partial charge in [-0.2, -0.15) is 5.10 Å². The van der Waals surface area contributed by atoms with E-state index in [9.17, 15) is 4.79 Å². The molecule has 114 valence electrons. The van der Waals surface area contributed by atoms with Crippen molar-refractivity contribution < 1.29 is 9.53 Å². The highest BCUT2D eigenvalue weighted by atomic mass is 16.5. The van der Waals surface area contributed by atoms with Crippen LogP contribution in [0, 0.1) is 13.8 Å². The molecule has 0 N–H and O–H groups in total. The van der Waals surface area contributed by atoms with E-state index in [-0.39, 0.29) is 11.7 Å². The average molecular weight is 291 g/mol. The van der Waals surface area contributed by atoms with Crippen molar-refractivity contribution in [3.05, 3.63) is 17.1 Å². The third kappa shape index (κ3) is 2.43. The van der Waals surface area contributed by atoms with E-state index < -0.39 is 5.97 Å². The van der Waals surface area contributed by atoms with Gasteiger partial charge in [0, 0.05) is 18.3 Å². The van der Waals surface area contributed by atoms with E-state index in [2.05, 4.69) is 22.3 Å². The number of rotatable bonds is 4. The molecule has 0 amide bonds. The van der Waals surface area contributed by atoms with Crippen LogP contribution in [-0.4, -0.2) is 37.9 Å². The lowest BCUT2D eigenvalue weighted by Gasteiger charge is -2.13. The fourth-order valence-electron chi connectivity index (χ4n) is 2.36. The lowest BCUT2D eigenvalue weighted by atomic mass is 10.1. The first kappa shape index (κ1) is 15.2. The van der Waals surface area contributed by atoms with Crippen LogP contribution in [0.25, 0.3) is 11.3 Å². The quantitative estimate of drug-likeness (QED) is 0.806. The van der Waals surface area contributed by atoms with E-state index in [0.29, 0.717) is 5.69 Å². The molecule has 0 aliphatic heterocycles. The van der Waals surface area contributed by atoms with Gasteiger partial charge in [-0.05, 0) is 27.2 Å². The van der Waals surface area contributed by atoms with Crippen molar-refractivity contribution in [2.75, 3.05) is 7.11 Å². The Kier molecular flexibility index (Phi) is 4.11. The zero-order valence-corrected chi connectivity index (χ0v) is 13.3. The zero-order valence-electron chi connectivity index (χ0n) is 13.3. The van der Waals surface area contributed by atoms with E-state index >= 15 is 0 Å². The van der Waals surface area contributed by atoms with Crippen LogP contribution < -0.4 is 0 Å². The second-order valence-electron chi connectivity index (χ2n) is 5.15. The molecule has 1 unspecified atom stereocenters. The van der Waals surface area contributed by atoms with Gasteiger partial charge >= 0.3 is 5.97 Å². The Morgan fingerprint density at radius 2 is 2.05 bits per heavy atom. The van der Waals surface area contributed by atoms with Gasteiger partial charge in [0.1, 0.15) is 5.69 Å². The summed E-state index contributed by atoms with van der Waals surface area (Å²) in [6.45, 7) is 7.98. The maximum absolute atomic E-state index is 12.0. The summed E-state index contributed by atoms with van der Waals surface area (Å²) in [6, 6.07) is 0.130. The first-order chi connectivity index (χ1) is 9.92. The van der Waals surface area contributed by atoms with Crippen LogP contribution in [-0.2, 0) is 11.8 Å². The summed E-state index contributed by atoms with van der Waals surface area (Å²) in [5, 5.41) is 12.6. The molecule has 7 heteroatoms. The molecule has 0 radical (unpaired) electrons. The number of aromatic nitrogens is 5. The minimum Gasteiger partial charge on any atom is -0.464 e. The van der Waals surface area contributed by atoms with Crippen LogP contribution in [0.2, 0.25) is 0 Å². The SMILES string of the molecule is CCC(C)n1nnc(C(=O)OC)c1-c1c(C)nn(C)c1C. The summed E-state index contributed by atoms with van der Waals surface area (Å²) in [4.78, 5) is 12.0. The summed E-state index contributed by atoms with van der Waals surface area (Å²) >= 11 is 0. The largest absolute Gasteiger partial charge is 0.464 e. The molecule has 1 atom stereocenters. The molecule has 0 spiro atoms. The zero-order chi connectivity index (χ0) is 15.7. The van der Waals surface area contributed by atoms with Gasteiger partial charge in [-0.3, -0.25) is 4.68 Å². The van der Waals surface area contributed by atoms with E-state index in [0.717, 1.165) is 23.4 Å². The molecule has 0 aliphatic rings.